The standard InChI is InChI=1S/C12H17F3N4O2/c1-16-9(20)7-19-5-3-2-4-8(19)11-18-17-10(21-11)6-12(13,14)15/h8H,2-7H2,1H3,(H,16,20)/t8-/m1/s1. The highest BCUT2D eigenvalue weighted by atomic mass is 19.4. The average Bonchev–Trinajstić information content (AvgIpc) is 2.85. The first-order valence-corrected chi connectivity index (χ1v) is 6.72. The molecule has 21 heavy (non-hydrogen) atoms. The van der Waals surface area contributed by atoms with Gasteiger partial charge in [0, 0.05) is 7.05 Å². The number of likely N-dealkylation sites (tertiary alicyclic amines) is 1. The summed E-state index contributed by atoms with van der Waals surface area (Å²) in [6.45, 7) is 0.840. The lowest BCUT2D eigenvalue weighted by atomic mass is 10.0. The van der Waals surface area contributed by atoms with E-state index in [4.69, 9.17) is 4.42 Å². The number of carbonyl (C=O) groups is 1. The van der Waals surface area contributed by atoms with Crippen molar-refractivity contribution in [2.45, 2.75) is 37.9 Å². The van der Waals surface area contributed by atoms with E-state index in [2.05, 4.69) is 15.5 Å². The monoisotopic (exact) mass is 306 g/mol. The van der Waals surface area contributed by atoms with Gasteiger partial charge in [-0.3, -0.25) is 9.69 Å². The molecule has 2 rings (SSSR count). The van der Waals surface area contributed by atoms with Crippen LogP contribution in [0.15, 0.2) is 4.42 Å². The normalized spacial score (nSPS) is 20.5. The lowest BCUT2D eigenvalue weighted by Gasteiger charge is -2.32. The van der Waals surface area contributed by atoms with E-state index < -0.39 is 18.5 Å². The Hall–Kier alpha value is -1.64. The van der Waals surface area contributed by atoms with Crippen LogP contribution in [0.5, 0.6) is 0 Å². The van der Waals surface area contributed by atoms with E-state index in [1.807, 2.05) is 4.90 Å². The van der Waals surface area contributed by atoms with Crippen molar-refractivity contribution < 1.29 is 22.4 Å². The number of likely N-dealkylation sites (N-methyl/N-ethyl adjacent to an activating group) is 1. The fourth-order valence-corrected chi connectivity index (χ4v) is 2.37. The van der Waals surface area contributed by atoms with Gasteiger partial charge in [0.1, 0.15) is 6.42 Å². The fraction of sp³-hybridized carbons (Fsp3) is 0.750. The van der Waals surface area contributed by atoms with Crippen LogP contribution in [0.1, 0.15) is 37.1 Å². The molecular weight excluding hydrogens is 289 g/mol. The van der Waals surface area contributed by atoms with E-state index in [1.54, 1.807) is 0 Å². The number of amides is 1. The quantitative estimate of drug-likeness (QED) is 0.911. The number of aromatic nitrogens is 2. The third-order valence-corrected chi connectivity index (χ3v) is 3.36. The molecular formula is C12H17F3N4O2. The molecule has 1 saturated heterocycles. The van der Waals surface area contributed by atoms with Gasteiger partial charge in [-0.2, -0.15) is 13.2 Å². The molecule has 9 heteroatoms. The van der Waals surface area contributed by atoms with Crippen LogP contribution in [0.2, 0.25) is 0 Å². The van der Waals surface area contributed by atoms with E-state index in [9.17, 15) is 18.0 Å². The highest BCUT2D eigenvalue weighted by Crippen LogP contribution is 2.30. The number of piperidine rings is 1. The van der Waals surface area contributed by atoms with Gasteiger partial charge in [-0.25, -0.2) is 0 Å². The van der Waals surface area contributed by atoms with Crippen molar-refractivity contribution in [1.82, 2.24) is 20.4 Å². The summed E-state index contributed by atoms with van der Waals surface area (Å²) in [7, 11) is 1.54. The average molecular weight is 306 g/mol. The van der Waals surface area contributed by atoms with Gasteiger partial charge < -0.3 is 9.73 Å². The Bertz CT molecular complexity index is 489. The maximum Gasteiger partial charge on any atom is 0.397 e. The van der Waals surface area contributed by atoms with Gasteiger partial charge in [0.2, 0.25) is 17.7 Å². The van der Waals surface area contributed by atoms with Crippen LogP contribution in [-0.4, -0.2) is 47.3 Å². The van der Waals surface area contributed by atoms with Gasteiger partial charge >= 0.3 is 6.18 Å². The topological polar surface area (TPSA) is 71.3 Å². The molecule has 1 atom stereocenters. The minimum atomic E-state index is -4.38. The molecule has 0 aromatic carbocycles. The van der Waals surface area contributed by atoms with Crippen LogP contribution in [0.4, 0.5) is 13.2 Å². The molecule has 0 aliphatic carbocycles. The molecule has 6 nitrogen and oxygen atoms in total. The summed E-state index contributed by atoms with van der Waals surface area (Å²) in [6.07, 6.45) is -3.09. The third-order valence-electron chi connectivity index (χ3n) is 3.36. The Kier molecular flexibility index (Phi) is 4.81. The summed E-state index contributed by atoms with van der Waals surface area (Å²) in [6, 6.07) is -0.300. The first-order valence-electron chi connectivity index (χ1n) is 6.72. The van der Waals surface area contributed by atoms with Gasteiger partial charge in [0.15, 0.2) is 0 Å². The van der Waals surface area contributed by atoms with E-state index in [1.165, 1.54) is 7.05 Å². The van der Waals surface area contributed by atoms with Crippen molar-refractivity contribution in [1.29, 1.82) is 0 Å². The molecule has 1 amide bonds. The molecule has 0 saturated carbocycles. The van der Waals surface area contributed by atoms with Gasteiger partial charge in [-0.05, 0) is 19.4 Å². The number of rotatable bonds is 4. The second-order valence-electron chi connectivity index (χ2n) is 4.98. The Morgan fingerprint density at radius 2 is 2.19 bits per heavy atom. The van der Waals surface area contributed by atoms with Gasteiger partial charge in [0.25, 0.3) is 0 Å². The predicted octanol–water partition coefficient (Wildman–Crippen LogP) is 1.45. The molecule has 0 bridgehead atoms. The second kappa shape index (κ2) is 6.42. The fourth-order valence-electron chi connectivity index (χ4n) is 2.37. The highest BCUT2D eigenvalue weighted by Gasteiger charge is 2.33. The van der Waals surface area contributed by atoms with Gasteiger partial charge in [-0.15, -0.1) is 10.2 Å². The number of hydrogen-bond acceptors (Lipinski definition) is 5. The van der Waals surface area contributed by atoms with Crippen LogP contribution < -0.4 is 5.32 Å². The lowest BCUT2D eigenvalue weighted by Crippen LogP contribution is -2.40. The number of carbonyl (C=O) groups excluding carboxylic acids is 1. The van der Waals surface area contributed by atoms with Crippen LogP contribution in [0, 0.1) is 0 Å². The van der Waals surface area contributed by atoms with E-state index in [0.29, 0.717) is 13.0 Å². The number of halogens is 3. The largest absolute Gasteiger partial charge is 0.423 e. The molecule has 1 aromatic rings. The van der Waals surface area contributed by atoms with Crippen LogP contribution >= 0.6 is 0 Å². The Balaban J connectivity index is 2.08. The van der Waals surface area contributed by atoms with E-state index in [-0.39, 0.29) is 24.4 Å². The zero-order valence-electron chi connectivity index (χ0n) is 11.6. The molecule has 0 unspecified atom stereocenters. The predicted molar refractivity (Wildman–Crippen MR) is 66.3 cm³/mol. The maximum absolute atomic E-state index is 12.3. The lowest BCUT2D eigenvalue weighted by molar-refractivity contribution is -0.131. The van der Waals surface area contributed by atoms with E-state index in [0.717, 1.165) is 12.8 Å². The molecule has 0 radical (unpaired) electrons. The molecule has 1 aliphatic heterocycles. The summed E-state index contributed by atoms with van der Waals surface area (Å²) in [4.78, 5) is 13.3. The molecule has 1 aromatic heterocycles. The molecule has 1 aliphatic rings. The maximum atomic E-state index is 12.3. The molecule has 1 N–H and O–H groups in total. The van der Waals surface area contributed by atoms with Crippen LogP contribution in [0.3, 0.4) is 0 Å². The van der Waals surface area contributed by atoms with Crippen molar-refractivity contribution in [2.75, 3.05) is 20.1 Å². The first kappa shape index (κ1) is 15.7. The summed E-state index contributed by atoms with van der Waals surface area (Å²) < 4.78 is 42.0. The number of nitrogens with zero attached hydrogens (tertiary/aromatic N) is 3. The summed E-state index contributed by atoms with van der Waals surface area (Å²) in [5, 5.41) is 9.69. The Morgan fingerprint density at radius 3 is 2.86 bits per heavy atom. The van der Waals surface area contributed by atoms with Crippen molar-refractivity contribution in [2.24, 2.45) is 0 Å². The molecule has 0 spiro atoms. The Labute approximate surface area is 119 Å². The minimum Gasteiger partial charge on any atom is -0.423 e. The number of nitrogens with one attached hydrogen (secondary N) is 1. The SMILES string of the molecule is CNC(=O)CN1CCCC[C@@H]1c1nnc(CC(F)(F)F)o1. The van der Waals surface area contributed by atoms with Crippen molar-refractivity contribution in [3.05, 3.63) is 11.8 Å². The van der Waals surface area contributed by atoms with E-state index >= 15 is 0 Å². The molecule has 1 fully saturated rings. The third kappa shape index (κ3) is 4.42. The Morgan fingerprint density at radius 1 is 1.43 bits per heavy atom. The first-order chi connectivity index (χ1) is 9.89. The smallest absolute Gasteiger partial charge is 0.397 e. The van der Waals surface area contributed by atoms with Gasteiger partial charge in [0.05, 0.1) is 12.6 Å². The highest BCUT2D eigenvalue weighted by molar-refractivity contribution is 5.77. The summed E-state index contributed by atoms with van der Waals surface area (Å²) in [5.41, 5.74) is 0. The van der Waals surface area contributed by atoms with Crippen LogP contribution in [0.25, 0.3) is 0 Å². The zero-order valence-corrected chi connectivity index (χ0v) is 11.6. The van der Waals surface area contributed by atoms with Crippen molar-refractivity contribution in [3.8, 4) is 0 Å². The van der Waals surface area contributed by atoms with Gasteiger partial charge in [-0.1, -0.05) is 6.42 Å². The van der Waals surface area contributed by atoms with Crippen molar-refractivity contribution >= 4 is 5.91 Å². The molecule has 118 valence electrons. The summed E-state index contributed by atoms with van der Waals surface area (Å²) >= 11 is 0. The number of hydrogen-bond donors (Lipinski definition) is 1. The molecule has 2 heterocycles. The number of alkyl halides is 3. The van der Waals surface area contributed by atoms with Crippen molar-refractivity contribution in [3.63, 3.8) is 0 Å². The second-order valence-corrected chi connectivity index (χ2v) is 4.98. The summed E-state index contributed by atoms with van der Waals surface area (Å²) in [5.74, 6) is -0.447. The zero-order chi connectivity index (χ0) is 15.5. The van der Waals surface area contributed by atoms with Crippen LogP contribution in [-0.2, 0) is 11.2 Å². The minimum absolute atomic E-state index is 0.151.